The summed E-state index contributed by atoms with van der Waals surface area (Å²) in [5.41, 5.74) is 0.523. The van der Waals surface area contributed by atoms with E-state index in [0.29, 0.717) is 5.41 Å². The van der Waals surface area contributed by atoms with Gasteiger partial charge in [0.05, 0.1) is 0 Å². The van der Waals surface area contributed by atoms with Crippen LogP contribution in [0.25, 0.3) is 0 Å². The molecule has 0 aromatic carbocycles. The highest BCUT2D eigenvalue weighted by Crippen LogP contribution is 2.36. The summed E-state index contributed by atoms with van der Waals surface area (Å²) in [4.78, 5) is 0. The second kappa shape index (κ2) is 8.99. The number of hydrogen-bond acceptors (Lipinski definition) is 0. The molecule has 0 aliphatic carbocycles. The average Bonchev–Trinajstić information content (AvgIpc) is 2.32. The predicted octanol–water partition coefficient (Wildman–Crippen LogP) is 6.69. The van der Waals surface area contributed by atoms with Gasteiger partial charge in [-0.25, -0.2) is 0 Å². The molecule has 0 radical (unpaired) electrons. The third kappa shape index (κ3) is 7.44. The van der Waals surface area contributed by atoms with E-state index in [2.05, 4.69) is 48.5 Å². The molecule has 0 bridgehead atoms. The number of unbranched alkanes of at least 4 members (excludes halogenated alkanes) is 1. The minimum absolute atomic E-state index is 0.523. The smallest absolute Gasteiger partial charge is 0.0329 e. The predicted molar refractivity (Wildman–Crippen MR) is 84.9 cm³/mol. The SMILES string of the molecule is CCCCC(C)CC(C)CCC(C)(C)C(C)CC. The molecule has 0 aromatic rings. The van der Waals surface area contributed by atoms with Gasteiger partial charge in [-0.05, 0) is 36.0 Å². The Morgan fingerprint density at radius 2 is 1.44 bits per heavy atom. The zero-order valence-electron chi connectivity index (χ0n) is 14.2. The monoisotopic (exact) mass is 254 g/mol. The van der Waals surface area contributed by atoms with Crippen LogP contribution in [-0.2, 0) is 0 Å². The van der Waals surface area contributed by atoms with E-state index in [1.165, 1.54) is 44.9 Å². The first kappa shape index (κ1) is 18.0. The summed E-state index contributed by atoms with van der Waals surface area (Å²) in [7, 11) is 0. The van der Waals surface area contributed by atoms with Gasteiger partial charge in [0, 0.05) is 0 Å². The Labute approximate surface area is 117 Å². The van der Waals surface area contributed by atoms with E-state index >= 15 is 0 Å². The van der Waals surface area contributed by atoms with Crippen LogP contribution in [0.3, 0.4) is 0 Å². The lowest BCUT2D eigenvalue weighted by Crippen LogP contribution is -2.22. The third-order valence-corrected chi connectivity index (χ3v) is 5.08. The molecule has 0 amide bonds. The first-order chi connectivity index (χ1) is 8.33. The Balaban J connectivity index is 3.91. The van der Waals surface area contributed by atoms with Crippen LogP contribution >= 0.6 is 0 Å². The van der Waals surface area contributed by atoms with Crippen molar-refractivity contribution in [2.75, 3.05) is 0 Å². The summed E-state index contributed by atoms with van der Waals surface area (Å²) in [5, 5.41) is 0. The van der Waals surface area contributed by atoms with Crippen LogP contribution in [0.4, 0.5) is 0 Å². The summed E-state index contributed by atoms with van der Waals surface area (Å²) in [6.07, 6.45) is 9.73. The Morgan fingerprint density at radius 1 is 0.889 bits per heavy atom. The fraction of sp³-hybridized carbons (Fsp3) is 1.00. The van der Waals surface area contributed by atoms with Crippen molar-refractivity contribution in [2.24, 2.45) is 23.2 Å². The van der Waals surface area contributed by atoms with Gasteiger partial charge >= 0.3 is 0 Å². The molecule has 0 heteroatoms. The van der Waals surface area contributed by atoms with Crippen LogP contribution in [-0.4, -0.2) is 0 Å². The summed E-state index contributed by atoms with van der Waals surface area (Å²) in [6, 6.07) is 0. The highest BCUT2D eigenvalue weighted by molar-refractivity contribution is 4.75. The molecule has 0 fully saturated rings. The first-order valence-corrected chi connectivity index (χ1v) is 8.33. The van der Waals surface area contributed by atoms with E-state index in [9.17, 15) is 0 Å². The fourth-order valence-corrected chi connectivity index (χ4v) is 2.89. The van der Waals surface area contributed by atoms with E-state index < -0.39 is 0 Å². The quantitative estimate of drug-likeness (QED) is 0.407. The zero-order chi connectivity index (χ0) is 14.2. The maximum absolute atomic E-state index is 2.45. The van der Waals surface area contributed by atoms with Crippen LogP contribution < -0.4 is 0 Å². The maximum Gasteiger partial charge on any atom is -0.0329 e. The topological polar surface area (TPSA) is 0 Å². The van der Waals surface area contributed by atoms with Crippen LogP contribution in [0.1, 0.15) is 93.4 Å². The molecule has 0 aliphatic rings. The molecule has 0 saturated heterocycles. The van der Waals surface area contributed by atoms with Gasteiger partial charge in [0.2, 0.25) is 0 Å². The molecule has 0 aliphatic heterocycles. The Kier molecular flexibility index (Phi) is 8.99. The van der Waals surface area contributed by atoms with E-state index in [-0.39, 0.29) is 0 Å². The van der Waals surface area contributed by atoms with Crippen molar-refractivity contribution in [1.29, 1.82) is 0 Å². The van der Waals surface area contributed by atoms with Crippen molar-refractivity contribution >= 4 is 0 Å². The standard InChI is InChI=1S/C18H38/c1-8-10-11-15(3)14-16(4)12-13-18(6,7)17(5)9-2/h15-17H,8-14H2,1-7H3. The van der Waals surface area contributed by atoms with Gasteiger partial charge in [0.25, 0.3) is 0 Å². The molecule has 110 valence electrons. The molecule has 0 aromatic heterocycles. The molecule has 0 spiro atoms. The van der Waals surface area contributed by atoms with E-state index in [0.717, 1.165) is 17.8 Å². The Hall–Kier alpha value is 0. The molecular formula is C18H38. The van der Waals surface area contributed by atoms with Crippen molar-refractivity contribution in [3.63, 3.8) is 0 Å². The van der Waals surface area contributed by atoms with Gasteiger partial charge in [-0.3, -0.25) is 0 Å². The van der Waals surface area contributed by atoms with Gasteiger partial charge in [-0.15, -0.1) is 0 Å². The second-order valence-electron chi connectivity index (χ2n) is 7.42. The van der Waals surface area contributed by atoms with Crippen molar-refractivity contribution in [3.05, 3.63) is 0 Å². The minimum atomic E-state index is 0.523. The van der Waals surface area contributed by atoms with Crippen molar-refractivity contribution in [2.45, 2.75) is 93.4 Å². The summed E-state index contributed by atoms with van der Waals surface area (Å²) in [6.45, 7) is 16.8. The normalized spacial score (nSPS) is 17.5. The molecule has 0 heterocycles. The van der Waals surface area contributed by atoms with Crippen LogP contribution in [0.5, 0.6) is 0 Å². The highest BCUT2D eigenvalue weighted by Gasteiger charge is 2.24. The van der Waals surface area contributed by atoms with Gasteiger partial charge in [-0.2, -0.15) is 0 Å². The van der Waals surface area contributed by atoms with E-state index in [1.807, 2.05) is 0 Å². The molecular weight excluding hydrogens is 216 g/mol. The van der Waals surface area contributed by atoms with Gasteiger partial charge in [-0.1, -0.05) is 80.6 Å². The largest absolute Gasteiger partial charge is 0.0654 e. The molecule has 0 rings (SSSR count). The molecule has 3 unspecified atom stereocenters. The first-order valence-electron chi connectivity index (χ1n) is 8.33. The Morgan fingerprint density at radius 3 is 1.94 bits per heavy atom. The second-order valence-corrected chi connectivity index (χ2v) is 7.42. The van der Waals surface area contributed by atoms with E-state index in [4.69, 9.17) is 0 Å². The molecule has 3 atom stereocenters. The van der Waals surface area contributed by atoms with Crippen LogP contribution in [0.15, 0.2) is 0 Å². The van der Waals surface area contributed by atoms with Crippen LogP contribution in [0, 0.1) is 23.2 Å². The average molecular weight is 255 g/mol. The molecule has 0 nitrogen and oxygen atoms in total. The lowest BCUT2D eigenvalue weighted by atomic mass is 9.73. The van der Waals surface area contributed by atoms with Gasteiger partial charge in [0.15, 0.2) is 0 Å². The Bertz CT molecular complexity index is 192. The van der Waals surface area contributed by atoms with Crippen molar-refractivity contribution in [3.8, 4) is 0 Å². The summed E-state index contributed by atoms with van der Waals surface area (Å²) in [5.74, 6) is 2.68. The van der Waals surface area contributed by atoms with Crippen molar-refractivity contribution in [1.82, 2.24) is 0 Å². The number of hydrogen-bond donors (Lipinski definition) is 0. The molecule has 0 N–H and O–H groups in total. The molecule has 0 saturated carbocycles. The lowest BCUT2D eigenvalue weighted by Gasteiger charge is -2.32. The lowest BCUT2D eigenvalue weighted by molar-refractivity contribution is 0.185. The molecule has 18 heavy (non-hydrogen) atoms. The summed E-state index contributed by atoms with van der Waals surface area (Å²) < 4.78 is 0. The third-order valence-electron chi connectivity index (χ3n) is 5.08. The number of rotatable bonds is 10. The zero-order valence-corrected chi connectivity index (χ0v) is 14.2. The fourth-order valence-electron chi connectivity index (χ4n) is 2.89. The van der Waals surface area contributed by atoms with E-state index in [1.54, 1.807) is 0 Å². The highest BCUT2D eigenvalue weighted by atomic mass is 14.3. The van der Waals surface area contributed by atoms with Gasteiger partial charge < -0.3 is 0 Å². The minimum Gasteiger partial charge on any atom is -0.0654 e. The van der Waals surface area contributed by atoms with Gasteiger partial charge in [0.1, 0.15) is 0 Å². The maximum atomic E-state index is 2.45. The van der Waals surface area contributed by atoms with Crippen LogP contribution in [0.2, 0.25) is 0 Å². The summed E-state index contributed by atoms with van der Waals surface area (Å²) >= 11 is 0. The van der Waals surface area contributed by atoms with Crippen molar-refractivity contribution < 1.29 is 0 Å².